The molecule has 5 heteroatoms. The third-order valence-electron chi connectivity index (χ3n) is 3.67. The highest BCUT2D eigenvalue weighted by atomic mass is 35.5. The quantitative estimate of drug-likeness (QED) is 0.869. The number of hydrogen-bond donors (Lipinski definition) is 1. The van der Waals surface area contributed by atoms with Crippen molar-refractivity contribution in [2.45, 2.75) is 13.0 Å². The third kappa shape index (κ3) is 5.02. The van der Waals surface area contributed by atoms with Crippen LogP contribution in [0.25, 0.3) is 0 Å². The molecule has 0 aromatic heterocycles. The molecule has 3 nitrogen and oxygen atoms in total. The average Bonchev–Trinajstić information content (AvgIpc) is 2.44. The van der Waals surface area contributed by atoms with Gasteiger partial charge in [-0.3, -0.25) is 0 Å². The topological polar surface area (TPSA) is 18.5 Å². The third-order valence-corrected chi connectivity index (χ3v) is 3.91. The van der Waals surface area contributed by atoms with Gasteiger partial charge in [-0.05, 0) is 44.8 Å². The van der Waals surface area contributed by atoms with E-state index in [2.05, 4.69) is 15.1 Å². The lowest BCUT2D eigenvalue weighted by Crippen LogP contribution is -2.44. The fourth-order valence-corrected chi connectivity index (χ4v) is 2.73. The second-order valence-corrected chi connectivity index (χ2v) is 5.86. The van der Waals surface area contributed by atoms with Crippen molar-refractivity contribution >= 4 is 11.6 Å². The van der Waals surface area contributed by atoms with Crippen LogP contribution in [0.5, 0.6) is 0 Å². The molecule has 2 rings (SSSR count). The van der Waals surface area contributed by atoms with Crippen LogP contribution in [-0.4, -0.2) is 56.1 Å². The number of nitrogens with zero attached hydrogens (tertiary/aromatic N) is 2. The predicted molar refractivity (Wildman–Crippen MR) is 81.7 cm³/mol. The summed E-state index contributed by atoms with van der Waals surface area (Å²) in [4.78, 5) is 4.63. The molecule has 1 saturated heterocycles. The van der Waals surface area contributed by atoms with Crippen LogP contribution < -0.4 is 5.32 Å². The minimum Gasteiger partial charge on any atom is -0.314 e. The molecule has 1 aliphatic rings. The Kier molecular flexibility index (Phi) is 6.23. The Bertz CT molecular complexity index is 422. The van der Waals surface area contributed by atoms with Gasteiger partial charge in [-0.15, -0.1) is 0 Å². The molecule has 1 heterocycles. The van der Waals surface area contributed by atoms with Crippen LogP contribution in [0.4, 0.5) is 4.39 Å². The first kappa shape index (κ1) is 15.7. The monoisotopic (exact) mass is 299 g/mol. The van der Waals surface area contributed by atoms with Crippen molar-refractivity contribution in [2.75, 3.05) is 46.3 Å². The molecule has 0 aliphatic carbocycles. The van der Waals surface area contributed by atoms with Gasteiger partial charge in [-0.25, -0.2) is 4.39 Å². The van der Waals surface area contributed by atoms with E-state index >= 15 is 0 Å². The van der Waals surface area contributed by atoms with E-state index in [1.54, 1.807) is 12.1 Å². The summed E-state index contributed by atoms with van der Waals surface area (Å²) < 4.78 is 13.6. The molecule has 0 amide bonds. The van der Waals surface area contributed by atoms with Gasteiger partial charge < -0.3 is 15.1 Å². The molecule has 1 fully saturated rings. The van der Waals surface area contributed by atoms with Crippen LogP contribution in [0.3, 0.4) is 0 Å². The summed E-state index contributed by atoms with van der Waals surface area (Å²) in [6.45, 7) is 7.13. The van der Waals surface area contributed by atoms with Crippen molar-refractivity contribution in [3.05, 3.63) is 34.6 Å². The second kappa shape index (κ2) is 7.93. The van der Waals surface area contributed by atoms with Gasteiger partial charge in [-0.1, -0.05) is 11.6 Å². The number of rotatable bonds is 6. The summed E-state index contributed by atoms with van der Waals surface area (Å²) in [5, 5.41) is 3.94. The normalized spacial score (nSPS) is 16.8. The first-order chi connectivity index (χ1) is 9.65. The van der Waals surface area contributed by atoms with Gasteiger partial charge in [0.15, 0.2) is 0 Å². The van der Waals surface area contributed by atoms with E-state index in [-0.39, 0.29) is 5.82 Å². The minimum atomic E-state index is -0.177. The molecular formula is C15H23ClFN3. The van der Waals surface area contributed by atoms with Crippen molar-refractivity contribution in [3.8, 4) is 0 Å². The zero-order valence-electron chi connectivity index (χ0n) is 12.0. The van der Waals surface area contributed by atoms with E-state index in [0.29, 0.717) is 17.1 Å². The summed E-state index contributed by atoms with van der Waals surface area (Å²) in [7, 11) is 2.03. The maximum absolute atomic E-state index is 13.6. The Hall–Kier alpha value is -0.680. The van der Waals surface area contributed by atoms with Gasteiger partial charge >= 0.3 is 0 Å². The van der Waals surface area contributed by atoms with Crippen LogP contribution >= 0.6 is 11.6 Å². The molecule has 0 spiro atoms. The van der Waals surface area contributed by atoms with E-state index in [1.165, 1.54) is 6.07 Å². The molecule has 0 radical (unpaired) electrons. The van der Waals surface area contributed by atoms with Gasteiger partial charge in [0.2, 0.25) is 0 Å². The highest BCUT2D eigenvalue weighted by molar-refractivity contribution is 6.30. The SMILES string of the molecule is CN(CCCN1CCNCC1)Cc1cc(Cl)ccc1F. The maximum atomic E-state index is 13.6. The van der Waals surface area contributed by atoms with E-state index in [0.717, 1.165) is 45.7 Å². The van der Waals surface area contributed by atoms with Gasteiger partial charge in [0, 0.05) is 43.3 Å². The maximum Gasteiger partial charge on any atom is 0.127 e. The van der Waals surface area contributed by atoms with Crippen LogP contribution in [-0.2, 0) is 6.54 Å². The van der Waals surface area contributed by atoms with Crippen molar-refractivity contribution in [1.29, 1.82) is 0 Å². The summed E-state index contributed by atoms with van der Waals surface area (Å²) in [5.41, 5.74) is 0.669. The first-order valence-corrected chi connectivity index (χ1v) is 7.58. The Morgan fingerprint density at radius 2 is 2.10 bits per heavy atom. The van der Waals surface area contributed by atoms with Crippen molar-refractivity contribution in [3.63, 3.8) is 0 Å². The Labute approximate surface area is 125 Å². The van der Waals surface area contributed by atoms with Crippen LogP contribution in [0, 0.1) is 5.82 Å². The lowest BCUT2D eigenvalue weighted by molar-refractivity contribution is 0.219. The van der Waals surface area contributed by atoms with E-state index in [9.17, 15) is 4.39 Å². The molecule has 0 unspecified atom stereocenters. The number of nitrogens with one attached hydrogen (secondary N) is 1. The fourth-order valence-electron chi connectivity index (χ4n) is 2.53. The van der Waals surface area contributed by atoms with Gasteiger partial charge in [0.1, 0.15) is 5.82 Å². The second-order valence-electron chi connectivity index (χ2n) is 5.42. The molecule has 1 aliphatic heterocycles. The summed E-state index contributed by atoms with van der Waals surface area (Å²) in [5.74, 6) is -0.177. The Morgan fingerprint density at radius 1 is 1.35 bits per heavy atom. The molecule has 1 N–H and O–H groups in total. The van der Waals surface area contributed by atoms with Crippen LogP contribution in [0.1, 0.15) is 12.0 Å². The average molecular weight is 300 g/mol. The molecule has 0 atom stereocenters. The van der Waals surface area contributed by atoms with Crippen LogP contribution in [0.15, 0.2) is 18.2 Å². The highest BCUT2D eigenvalue weighted by Gasteiger charge is 2.10. The Morgan fingerprint density at radius 3 is 2.85 bits per heavy atom. The molecule has 112 valence electrons. The summed E-state index contributed by atoms with van der Waals surface area (Å²) in [6.07, 6.45) is 1.11. The van der Waals surface area contributed by atoms with E-state index in [4.69, 9.17) is 11.6 Å². The lowest BCUT2D eigenvalue weighted by Gasteiger charge is -2.28. The molecule has 20 heavy (non-hydrogen) atoms. The minimum absolute atomic E-state index is 0.177. The van der Waals surface area contributed by atoms with Gasteiger partial charge in [0.05, 0.1) is 0 Å². The van der Waals surface area contributed by atoms with Gasteiger partial charge in [-0.2, -0.15) is 0 Å². The van der Waals surface area contributed by atoms with Crippen molar-refractivity contribution in [1.82, 2.24) is 15.1 Å². The van der Waals surface area contributed by atoms with Crippen molar-refractivity contribution < 1.29 is 4.39 Å². The lowest BCUT2D eigenvalue weighted by atomic mass is 10.2. The predicted octanol–water partition coefficient (Wildman–Crippen LogP) is 2.21. The highest BCUT2D eigenvalue weighted by Crippen LogP contribution is 2.16. The number of benzene rings is 1. The number of halogens is 2. The Balaban J connectivity index is 1.71. The van der Waals surface area contributed by atoms with Crippen LogP contribution in [0.2, 0.25) is 5.02 Å². The smallest absolute Gasteiger partial charge is 0.127 e. The standard InChI is InChI=1S/C15H23ClFN3/c1-19(7-2-8-20-9-5-18-6-10-20)12-13-11-14(16)3-4-15(13)17/h3-4,11,18H,2,5-10,12H2,1H3. The molecule has 1 aromatic carbocycles. The number of hydrogen-bond acceptors (Lipinski definition) is 3. The molecular weight excluding hydrogens is 277 g/mol. The van der Waals surface area contributed by atoms with Gasteiger partial charge in [0.25, 0.3) is 0 Å². The fraction of sp³-hybridized carbons (Fsp3) is 0.600. The number of piperazine rings is 1. The zero-order chi connectivity index (χ0) is 14.4. The van der Waals surface area contributed by atoms with E-state index in [1.807, 2.05) is 7.05 Å². The molecule has 1 aromatic rings. The molecule has 0 saturated carbocycles. The van der Waals surface area contributed by atoms with E-state index < -0.39 is 0 Å². The van der Waals surface area contributed by atoms with Crippen molar-refractivity contribution in [2.24, 2.45) is 0 Å². The molecule has 0 bridgehead atoms. The summed E-state index contributed by atoms with van der Waals surface area (Å²) in [6, 6.07) is 4.74. The largest absolute Gasteiger partial charge is 0.314 e. The summed E-state index contributed by atoms with van der Waals surface area (Å²) >= 11 is 5.91. The zero-order valence-corrected chi connectivity index (χ0v) is 12.8. The first-order valence-electron chi connectivity index (χ1n) is 7.21.